The summed E-state index contributed by atoms with van der Waals surface area (Å²) in [7, 11) is 0. The number of carbonyl (C=O) groups excluding carboxylic acids is 1. The van der Waals surface area contributed by atoms with Crippen LogP contribution in [0.5, 0.6) is 0 Å². The average Bonchev–Trinajstić information content (AvgIpc) is 3.49. The lowest BCUT2D eigenvalue weighted by molar-refractivity contribution is 0.0642. The van der Waals surface area contributed by atoms with Gasteiger partial charge in [-0.3, -0.25) is 4.79 Å². The minimum Gasteiger partial charge on any atom is -0.381 e. The Labute approximate surface area is 191 Å². The maximum Gasteiger partial charge on any atom is 0.269 e. The molecule has 0 aliphatic carbocycles. The van der Waals surface area contributed by atoms with Crippen molar-refractivity contribution in [2.75, 3.05) is 19.8 Å². The summed E-state index contributed by atoms with van der Waals surface area (Å²) >= 11 is 1.70. The molecule has 1 aliphatic heterocycles. The van der Waals surface area contributed by atoms with Gasteiger partial charge < -0.3 is 10.1 Å². The highest BCUT2D eigenvalue weighted by molar-refractivity contribution is 7.17. The average molecular weight is 447 g/mol. The number of hydrogen-bond donors (Lipinski definition) is 1. The van der Waals surface area contributed by atoms with E-state index in [0.717, 1.165) is 59.5 Å². The molecular weight excluding hydrogens is 420 g/mol. The van der Waals surface area contributed by atoms with Gasteiger partial charge in [0.1, 0.15) is 5.69 Å². The number of aryl methyl sites for hydroxylation is 1. The Morgan fingerprint density at radius 3 is 2.81 bits per heavy atom. The number of nitrogens with zero attached hydrogens (tertiary/aromatic N) is 3. The van der Waals surface area contributed by atoms with E-state index in [0.29, 0.717) is 18.2 Å². The van der Waals surface area contributed by atoms with Crippen LogP contribution in [-0.4, -0.2) is 40.4 Å². The Bertz CT molecular complexity index is 1210. The molecule has 0 bridgehead atoms. The number of fused-ring (bicyclic) bond motifs is 1. The highest BCUT2D eigenvalue weighted by Gasteiger charge is 2.18. The fourth-order valence-corrected chi connectivity index (χ4v) is 5.13. The molecule has 4 heterocycles. The molecule has 164 valence electrons. The standard InChI is InChI=1S/C25H26N4O2S/c1-17-16-32-24-20(13-18-3-5-21(6-4-18)29-10-2-9-27-29)14-22(28-23(17)24)25(30)26-15-19-7-11-31-12-8-19/h2-6,9-10,14,16,19H,7-8,11-13,15H2,1H3,(H,26,30). The Balaban J connectivity index is 1.38. The third kappa shape index (κ3) is 4.45. The fourth-order valence-electron chi connectivity index (χ4n) is 4.12. The molecule has 1 fully saturated rings. The van der Waals surface area contributed by atoms with Crippen molar-refractivity contribution in [3.05, 3.63) is 76.6 Å². The number of nitrogens with one attached hydrogen (secondary N) is 1. The third-order valence-corrected chi connectivity index (χ3v) is 7.16. The molecule has 0 saturated carbocycles. The first-order valence-corrected chi connectivity index (χ1v) is 11.9. The van der Waals surface area contributed by atoms with Gasteiger partial charge in [-0.25, -0.2) is 9.67 Å². The van der Waals surface area contributed by atoms with E-state index >= 15 is 0 Å². The lowest BCUT2D eigenvalue weighted by atomic mass is 10.0. The first-order valence-electron chi connectivity index (χ1n) is 11.0. The summed E-state index contributed by atoms with van der Waals surface area (Å²) in [6.45, 7) is 4.29. The molecule has 0 atom stereocenters. The second-order valence-corrected chi connectivity index (χ2v) is 9.20. The molecule has 4 aromatic rings. The summed E-state index contributed by atoms with van der Waals surface area (Å²) in [6.07, 6.45) is 6.45. The van der Waals surface area contributed by atoms with Crippen molar-refractivity contribution < 1.29 is 9.53 Å². The van der Waals surface area contributed by atoms with Gasteiger partial charge in [0.15, 0.2) is 0 Å². The normalized spacial score (nSPS) is 14.7. The zero-order valence-electron chi connectivity index (χ0n) is 18.1. The van der Waals surface area contributed by atoms with Gasteiger partial charge >= 0.3 is 0 Å². The molecule has 1 saturated heterocycles. The monoisotopic (exact) mass is 446 g/mol. The first-order chi connectivity index (χ1) is 15.7. The van der Waals surface area contributed by atoms with Crippen molar-refractivity contribution >= 4 is 27.5 Å². The van der Waals surface area contributed by atoms with Crippen molar-refractivity contribution in [2.24, 2.45) is 5.92 Å². The molecule has 0 radical (unpaired) electrons. The predicted molar refractivity (Wildman–Crippen MR) is 127 cm³/mol. The van der Waals surface area contributed by atoms with E-state index in [-0.39, 0.29) is 5.91 Å². The topological polar surface area (TPSA) is 69.0 Å². The summed E-state index contributed by atoms with van der Waals surface area (Å²) in [5, 5.41) is 9.50. The zero-order valence-corrected chi connectivity index (χ0v) is 18.9. The Morgan fingerprint density at radius 1 is 1.25 bits per heavy atom. The van der Waals surface area contributed by atoms with Crippen LogP contribution in [0.3, 0.4) is 0 Å². The third-order valence-electron chi connectivity index (χ3n) is 6.00. The van der Waals surface area contributed by atoms with E-state index in [1.54, 1.807) is 17.5 Å². The van der Waals surface area contributed by atoms with Crippen LogP contribution in [0.15, 0.2) is 54.2 Å². The van der Waals surface area contributed by atoms with Crippen molar-refractivity contribution in [2.45, 2.75) is 26.2 Å². The predicted octanol–water partition coefficient (Wildman–Crippen LogP) is 4.54. The molecule has 7 heteroatoms. The van der Waals surface area contributed by atoms with Crippen LogP contribution in [0.2, 0.25) is 0 Å². The summed E-state index contributed by atoms with van der Waals surface area (Å²) in [5.74, 6) is 0.381. The Morgan fingerprint density at radius 2 is 2.06 bits per heavy atom. The molecule has 6 nitrogen and oxygen atoms in total. The maximum atomic E-state index is 12.9. The quantitative estimate of drug-likeness (QED) is 0.472. The van der Waals surface area contributed by atoms with Crippen LogP contribution in [-0.2, 0) is 11.2 Å². The molecule has 1 N–H and O–H groups in total. The van der Waals surface area contributed by atoms with Gasteiger partial charge in [-0.2, -0.15) is 5.10 Å². The number of benzene rings is 1. The van der Waals surface area contributed by atoms with Gasteiger partial charge in [-0.15, -0.1) is 11.3 Å². The Hall–Kier alpha value is -3.03. The van der Waals surface area contributed by atoms with Gasteiger partial charge in [0.2, 0.25) is 0 Å². The number of ether oxygens (including phenoxy) is 1. The molecule has 1 aliphatic rings. The maximum absolute atomic E-state index is 12.9. The van der Waals surface area contributed by atoms with Crippen molar-refractivity contribution in [3.8, 4) is 5.69 Å². The van der Waals surface area contributed by atoms with Gasteiger partial charge in [-0.1, -0.05) is 12.1 Å². The Kier molecular flexibility index (Phi) is 6.01. The number of thiophene rings is 1. The second kappa shape index (κ2) is 9.22. The number of amides is 1. The highest BCUT2D eigenvalue weighted by Crippen LogP contribution is 2.30. The molecule has 5 rings (SSSR count). The van der Waals surface area contributed by atoms with Crippen LogP contribution in [0.1, 0.15) is 40.0 Å². The molecule has 0 unspecified atom stereocenters. The molecule has 32 heavy (non-hydrogen) atoms. The highest BCUT2D eigenvalue weighted by atomic mass is 32.1. The van der Waals surface area contributed by atoms with Crippen LogP contribution in [0.4, 0.5) is 0 Å². The molecule has 1 aromatic carbocycles. The smallest absolute Gasteiger partial charge is 0.269 e. The lowest BCUT2D eigenvalue weighted by Gasteiger charge is -2.22. The number of carbonyl (C=O) groups is 1. The van der Waals surface area contributed by atoms with Crippen LogP contribution < -0.4 is 5.32 Å². The molecule has 0 spiro atoms. The summed E-state index contributed by atoms with van der Waals surface area (Å²) in [5.41, 5.74) is 5.88. The summed E-state index contributed by atoms with van der Waals surface area (Å²) in [6, 6.07) is 12.3. The van der Waals surface area contributed by atoms with Gasteiger partial charge in [0, 0.05) is 32.2 Å². The van der Waals surface area contributed by atoms with Gasteiger partial charge in [0.25, 0.3) is 5.91 Å². The van der Waals surface area contributed by atoms with Crippen LogP contribution in [0, 0.1) is 12.8 Å². The number of pyridine rings is 1. The summed E-state index contributed by atoms with van der Waals surface area (Å²) in [4.78, 5) is 17.6. The first kappa shape index (κ1) is 20.8. The molecule has 1 amide bonds. The SMILES string of the molecule is Cc1csc2c(Cc3ccc(-n4cccn4)cc3)cc(C(=O)NCC3CCOCC3)nc12. The minimum atomic E-state index is -0.0979. The number of rotatable bonds is 6. The van der Waals surface area contributed by atoms with Gasteiger partial charge in [0.05, 0.1) is 15.9 Å². The summed E-state index contributed by atoms with van der Waals surface area (Å²) < 4.78 is 8.41. The van der Waals surface area contributed by atoms with E-state index in [1.807, 2.05) is 23.0 Å². The number of hydrogen-bond acceptors (Lipinski definition) is 5. The van der Waals surface area contributed by atoms with E-state index in [1.165, 1.54) is 5.56 Å². The van der Waals surface area contributed by atoms with Crippen molar-refractivity contribution in [1.29, 1.82) is 0 Å². The number of aromatic nitrogens is 3. The van der Waals surface area contributed by atoms with Crippen molar-refractivity contribution in [3.63, 3.8) is 0 Å². The minimum absolute atomic E-state index is 0.0979. The van der Waals surface area contributed by atoms with Crippen LogP contribution >= 0.6 is 11.3 Å². The zero-order chi connectivity index (χ0) is 21.9. The second-order valence-electron chi connectivity index (χ2n) is 8.32. The molecule has 3 aromatic heterocycles. The van der Waals surface area contributed by atoms with Crippen LogP contribution in [0.25, 0.3) is 15.9 Å². The van der Waals surface area contributed by atoms with E-state index in [4.69, 9.17) is 9.72 Å². The van der Waals surface area contributed by atoms with E-state index in [9.17, 15) is 4.79 Å². The van der Waals surface area contributed by atoms with Gasteiger partial charge in [-0.05, 0) is 78.4 Å². The lowest BCUT2D eigenvalue weighted by Crippen LogP contribution is -2.32. The largest absolute Gasteiger partial charge is 0.381 e. The van der Waals surface area contributed by atoms with Crippen molar-refractivity contribution in [1.82, 2.24) is 20.1 Å². The molecular formula is C25H26N4O2S. The van der Waals surface area contributed by atoms with E-state index in [2.05, 4.69) is 47.0 Å². The fraction of sp³-hybridized carbons (Fsp3) is 0.320. The van der Waals surface area contributed by atoms with E-state index < -0.39 is 0 Å².